The molecule has 1 aliphatic heterocycles. The van der Waals surface area contributed by atoms with Crippen LogP contribution in [0.1, 0.15) is 12.8 Å². The van der Waals surface area contributed by atoms with Crippen molar-refractivity contribution < 1.29 is 9.90 Å². The summed E-state index contributed by atoms with van der Waals surface area (Å²) < 4.78 is 0. The smallest absolute Gasteiger partial charge is 0.317 e. The second kappa shape index (κ2) is 3.57. The Morgan fingerprint density at radius 3 is 3.00 bits per heavy atom. The SMILES string of the molecule is CNC(=O)N1CCC[C@H](O)C1. The van der Waals surface area contributed by atoms with E-state index in [1.165, 1.54) is 0 Å². The van der Waals surface area contributed by atoms with Gasteiger partial charge in [0.1, 0.15) is 0 Å². The summed E-state index contributed by atoms with van der Waals surface area (Å²) in [4.78, 5) is 12.6. The van der Waals surface area contributed by atoms with Gasteiger partial charge in [-0.25, -0.2) is 4.79 Å². The summed E-state index contributed by atoms with van der Waals surface area (Å²) in [6, 6.07) is -0.0937. The standard InChI is InChI=1S/C7H14N2O2/c1-8-7(11)9-4-2-3-6(10)5-9/h6,10H,2-5H2,1H3,(H,8,11)/t6-/m0/s1. The van der Waals surface area contributed by atoms with Crippen molar-refractivity contribution >= 4 is 6.03 Å². The third-order valence-corrected chi connectivity index (χ3v) is 1.90. The van der Waals surface area contributed by atoms with E-state index in [9.17, 15) is 9.90 Å². The molecule has 2 amide bonds. The van der Waals surface area contributed by atoms with Crippen LogP contribution in [0.15, 0.2) is 0 Å². The summed E-state index contributed by atoms with van der Waals surface area (Å²) in [7, 11) is 1.60. The highest BCUT2D eigenvalue weighted by Gasteiger charge is 2.20. The van der Waals surface area contributed by atoms with Gasteiger partial charge in [0.15, 0.2) is 0 Å². The number of nitrogens with one attached hydrogen (secondary N) is 1. The normalized spacial score (nSPS) is 24.9. The average molecular weight is 158 g/mol. The number of aliphatic hydroxyl groups excluding tert-OH is 1. The molecule has 0 aliphatic carbocycles. The molecule has 64 valence electrons. The van der Waals surface area contributed by atoms with E-state index in [1.54, 1.807) is 11.9 Å². The van der Waals surface area contributed by atoms with E-state index in [1.807, 2.05) is 0 Å². The van der Waals surface area contributed by atoms with Crippen LogP contribution in [0.2, 0.25) is 0 Å². The van der Waals surface area contributed by atoms with Crippen molar-refractivity contribution in [3.8, 4) is 0 Å². The van der Waals surface area contributed by atoms with E-state index >= 15 is 0 Å². The maximum Gasteiger partial charge on any atom is 0.317 e. The van der Waals surface area contributed by atoms with Crippen molar-refractivity contribution in [3.63, 3.8) is 0 Å². The minimum Gasteiger partial charge on any atom is -0.391 e. The van der Waals surface area contributed by atoms with E-state index < -0.39 is 0 Å². The zero-order chi connectivity index (χ0) is 8.27. The van der Waals surface area contributed by atoms with Gasteiger partial charge < -0.3 is 15.3 Å². The summed E-state index contributed by atoms with van der Waals surface area (Å²) in [6.45, 7) is 1.23. The summed E-state index contributed by atoms with van der Waals surface area (Å²) in [5.41, 5.74) is 0. The van der Waals surface area contributed by atoms with Gasteiger partial charge in [0, 0.05) is 20.1 Å². The highest BCUT2D eigenvalue weighted by Crippen LogP contribution is 2.08. The first-order valence-electron chi connectivity index (χ1n) is 3.88. The summed E-state index contributed by atoms with van der Waals surface area (Å²) in [6.07, 6.45) is 1.38. The number of hydrogen-bond donors (Lipinski definition) is 2. The number of amides is 2. The zero-order valence-corrected chi connectivity index (χ0v) is 6.71. The fourth-order valence-corrected chi connectivity index (χ4v) is 1.30. The summed E-state index contributed by atoms with van der Waals surface area (Å²) >= 11 is 0. The second-order valence-corrected chi connectivity index (χ2v) is 2.80. The Morgan fingerprint density at radius 2 is 2.45 bits per heavy atom. The second-order valence-electron chi connectivity index (χ2n) is 2.80. The molecular formula is C7H14N2O2. The number of piperidine rings is 1. The predicted octanol–water partition coefficient (Wildman–Crippen LogP) is -0.217. The number of hydrogen-bond acceptors (Lipinski definition) is 2. The van der Waals surface area contributed by atoms with E-state index in [4.69, 9.17) is 0 Å². The van der Waals surface area contributed by atoms with E-state index in [0.29, 0.717) is 6.54 Å². The largest absolute Gasteiger partial charge is 0.391 e. The lowest BCUT2D eigenvalue weighted by atomic mass is 10.1. The van der Waals surface area contributed by atoms with Crippen LogP contribution in [-0.2, 0) is 0 Å². The highest BCUT2D eigenvalue weighted by molar-refractivity contribution is 5.73. The van der Waals surface area contributed by atoms with Gasteiger partial charge in [-0.3, -0.25) is 0 Å². The van der Waals surface area contributed by atoms with E-state index in [0.717, 1.165) is 19.4 Å². The third kappa shape index (κ3) is 2.08. The van der Waals surface area contributed by atoms with E-state index in [-0.39, 0.29) is 12.1 Å². The first-order chi connectivity index (χ1) is 5.24. The molecule has 0 unspecified atom stereocenters. The molecule has 0 aromatic heterocycles. The molecule has 1 rings (SSSR count). The van der Waals surface area contributed by atoms with Gasteiger partial charge in [-0.2, -0.15) is 0 Å². The molecule has 0 radical (unpaired) electrons. The lowest BCUT2D eigenvalue weighted by molar-refractivity contribution is 0.0849. The molecule has 0 spiro atoms. The molecule has 2 N–H and O–H groups in total. The molecule has 11 heavy (non-hydrogen) atoms. The van der Waals surface area contributed by atoms with Crippen LogP contribution in [0.3, 0.4) is 0 Å². The highest BCUT2D eigenvalue weighted by atomic mass is 16.3. The maximum atomic E-state index is 11.0. The lowest BCUT2D eigenvalue weighted by Gasteiger charge is -2.29. The van der Waals surface area contributed by atoms with Crippen LogP contribution in [0.4, 0.5) is 4.79 Å². The number of rotatable bonds is 0. The van der Waals surface area contributed by atoms with Crippen LogP contribution in [0, 0.1) is 0 Å². The molecule has 1 atom stereocenters. The van der Waals surface area contributed by atoms with Crippen LogP contribution < -0.4 is 5.32 Å². The first-order valence-corrected chi connectivity index (χ1v) is 3.88. The van der Waals surface area contributed by atoms with Crippen molar-refractivity contribution in [3.05, 3.63) is 0 Å². The number of likely N-dealkylation sites (tertiary alicyclic amines) is 1. The van der Waals surface area contributed by atoms with Crippen LogP contribution in [0.5, 0.6) is 0 Å². The molecule has 1 heterocycles. The molecule has 4 heteroatoms. The number of nitrogens with zero attached hydrogens (tertiary/aromatic N) is 1. The molecule has 1 saturated heterocycles. The van der Waals surface area contributed by atoms with E-state index in [2.05, 4.69) is 5.32 Å². The van der Waals surface area contributed by atoms with Gasteiger partial charge >= 0.3 is 6.03 Å². The fraction of sp³-hybridized carbons (Fsp3) is 0.857. The molecule has 0 aromatic rings. The molecule has 4 nitrogen and oxygen atoms in total. The first kappa shape index (κ1) is 8.33. The molecule has 0 saturated carbocycles. The molecular weight excluding hydrogens is 144 g/mol. The zero-order valence-electron chi connectivity index (χ0n) is 6.71. The van der Waals surface area contributed by atoms with Gasteiger partial charge in [-0.1, -0.05) is 0 Å². The van der Waals surface area contributed by atoms with Crippen molar-refractivity contribution in [2.75, 3.05) is 20.1 Å². The topological polar surface area (TPSA) is 52.6 Å². The molecule has 1 aliphatic rings. The number of carbonyl (C=O) groups excluding carboxylic acids is 1. The van der Waals surface area contributed by atoms with Crippen molar-refractivity contribution in [1.29, 1.82) is 0 Å². The fourth-order valence-electron chi connectivity index (χ4n) is 1.30. The van der Waals surface area contributed by atoms with Gasteiger partial charge in [0.05, 0.1) is 6.10 Å². The van der Waals surface area contributed by atoms with Crippen molar-refractivity contribution in [2.45, 2.75) is 18.9 Å². The summed E-state index contributed by atoms with van der Waals surface area (Å²) in [5.74, 6) is 0. The number of β-amino-alcohol motifs (C(OH)–C–C–N with tert-alkyl or cyclic N) is 1. The van der Waals surface area contributed by atoms with Gasteiger partial charge in [-0.05, 0) is 12.8 Å². The Hall–Kier alpha value is -0.770. The maximum absolute atomic E-state index is 11.0. The van der Waals surface area contributed by atoms with Gasteiger partial charge in [-0.15, -0.1) is 0 Å². The third-order valence-electron chi connectivity index (χ3n) is 1.90. The minimum atomic E-state index is -0.332. The number of urea groups is 1. The molecule has 0 bridgehead atoms. The van der Waals surface area contributed by atoms with Gasteiger partial charge in [0.2, 0.25) is 0 Å². The van der Waals surface area contributed by atoms with Crippen molar-refractivity contribution in [2.24, 2.45) is 0 Å². The number of carbonyl (C=O) groups is 1. The van der Waals surface area contributed by atoms with Crippen molar-refractivity contribution in [1.82, 2.24) is 10.2 Å². The van der Waals surface area contributed by atoms with Crippen LogP contribution in [0.25, 0.3) is 0 Å². The molecule has 0 aromatic carbocycles. The predicted molar refractivity (Wildman–Crippen MR) is 41.3 cm³/mol. The monoisotopic (exact) mass is 158 g/mol. The molecule has 1 fully saturated rings. The summed E-state index contributed by atoms with van der Waals surface area (Å²) in [5, 5.41) is 11.7. The Kier molecular flexibility index (Phi) is 2.70. The average Bonchev–Trinajstić information content (AvgIpc) is 2.03. The quantitative estimate of drug-likeness (QED) is 0.512. The lowest BCUT2D eigenvalue weighted by Crippen LogP contribution is -2.46. The number of aliphatic hydroxyl groups is 1. The Balaban J connectivity index is 2.39. The van der Waals surface area contributed by atoms with Gasteiger partial charge in [0.25, 0.3) is 0 Å². The Bertz CT molecular complexity index is 149. The van der Waals surface area contributed by atoms with Crippen LogP contribution >= 0.6 is 0 Å². The Morgan fingerprint density at radius 1 is 1.73 bits per heavy atom. The Labute approximate surface area is 66.2 Å². The minimum absolute atomic E-state index is 0.0937. The van der Waals surface area contributed by atoms with Crippen LogP contribution in [-0.4, -0.2) is 42.3 Å².